The van der Waals surface area contributed by atoms with E-state index in [-0.39, 0.29) is 30.2 Å². The van der Waals surface area contributed by atoms with Gasteiger partial charge < -0.3 is 24.8 Å². The molecule has 1 unspecified atom stereocenters. The van der Waals surface area contributed by atoms with Crippen LogP contribution in [0.3, 0.4) is 0 Å². The van der Waals surface area contributed by atoms with Gasteiger partial charge in [0.25, 0.3) is 0 Å². The van der Waals surface area contributed by atoms with E-state index in [9.17, 15) is 0 Å². The average molecular weight is 670 g/mol. The molecular weight excluding hydrogens is 631 g/mol. The van der Waals surface area contributed by atoms with E-state index in [1.807, 2.05) is 0 Å². The first-order valence-corrected chi connectivity index (χ1v) is 16.0. The molecule has 3 aliphatic rings. The Hall–Kier alpha value is -2.31. The first kappa shape index (κ1) is 34.2. The Morgan fingerprint density at radius 3 is 2.07 bits per heavy atom. The van der Waals surface area contributed by atoms with E-state index in [0.29, 0.717) is 0 Å². The van der Waals surface area contributed by atoms with Crippen LogP contribution in [0.2, 0.25) is 0 Å². The second-order valence-corrected chi connectivity index (χ2v) is 12.5. The molecule has 3 aromatic carbocycles. The summed E-state index contributed by atoms with van der Waals surface area (Å²) in [6, 6.07) is 28.0. The van der Waals surface area contributed by atoms with Crippen molar-refractivity contribution in [3.05, 3.63) is 153 Å². The summed E-state index contributed by atoms with van der Waals surface area (Å²) in [5, 5.41) is 2.66. The van der Waals surface area contributed by atoms with E-state index >= 15 is 0 Å². The van der Waals surface area contributed by atoms with Crippen molar-refractivity contribution >= 4 is 14.9 Å². The van der Waals surface area contributed by atoms with Gasteiger partial charge in [-0.25, -0.2) is 0 Å². The van der Waals surface area contributed by atoms with E-state index in [0.717, 1.165) is 12.8 Å². The molecule has 0 amide bonds. The van der Waals surface area contributed by atoms with Crippen molar-refractivity contribution in [1.82, 2.24) is 0 Å². The maximum absolute atomic E-state index is 3.84. The minimum absolute atomic E-state index is 0. The number of halogens is 2. The van der Waals surface area contributed by atoms with Gasteiger partial charge in [-0.3, -0.25) is 0 Å². The summed E-state index contributed by atoms with van der Waals surface area (Å²) in [4.78, 5) is 0. The first-order chi connectivity index (χ1) is 19.4. The Balaban J connectivity index is 0.000000258. The topological polar surface area (TPSA) is 0 Å². The summed E-state index contributed by atoms with van der Waals surface area (Å²) in [5.74, 6) is 0. The minimum atomic E-state index is 0. The standard InChI is InChI=1S/C26H29.C13H10.2ClH.Zr/c1-5-9-20-17-26(4,14-6-2)25(19-10-7-8-11-19)23-16-21-15-18(3)12-13-22(21)24(20)23;1-3-7-12(8-4-1)11-13-9-5-2-6-10-13;;;/h7-8,10,12-13,15,17H,5-6,9,11,14H2,1-4H3;1-10H;2*1H;/q-1;;;;+2/p-2. The van der Waals surface area contributed by atoms with Gasteiger partial charge in [0.2, 0.25) is 0 Å². The van der Waals surface area contributed by atoms with Crippen LogP contribution in [0.5, 0.6) is 0 Å². The Labute approximate surface area is 279 Å². The van der Waals surface area contributed by atoms with Crippen LogP contribution in [0.25, 0.3) is 11.6 Å². The third-order valence-electron chi connectivity index (χ3n) is 8.10. The van der Waals surface area contributed by atoms with Gasteiger partial charge in [0.1, 0.15) is 0 Å². The van der Waals surface area contributed by atoms with Gasteiger partial charge in [0.05, 0.1) is 0 Å². The average Bonchev–Trinajstić information content (AvgIpc) is 3.62. The zero-order chi connectivity index (χ0) is 28.1. The molecule has 0 saturated carbocycles. The normalized spacial score (nSPS) is 17.9. The fraction of sp³-hybridized carbons (Fsp3) is 0.256. The van der Waals surface area contributed by atoms with E-state index in [1.165, 1.54) is 102 Å². The molecule has 0 radical (unpaired) electrons. The van der Waals surface area contributed by atoms with Gasteiger partial charge in [0, 0.05) is 0 Å². The molecule has 3 heteroatoms. The van der Waals surface area contributed by atoms with Crippen molar-refractivity contribution < 1.29 is 49.0 Å². The number of rotatable bonds is 7. The molecule has 0 aliphatic heterocycles. The van der Waals surface area contributed by atoms with Gasteiger partial charge >= 0.3 is 99.2 Å². The molecule has 0 heterocycles. The third kappa shape index (κ3) is 7.25. The summed E-state index contributed by atoms with van der Waals surface area (Å²) in [5.41, 5.74) is 11.5. The van der Waals surface area contributed by atoms with Gasteiger partial charge in [-0.1, -0.05) is 92.3 Å². The van der Waals surface area contributed by atoms with Crippen molar-refractivity contribution in [1.29, 1.82) is 0 Å². The fourth-order valence-corrected chi connectivity index (χ4v) is 7.19. The maximum atomic E-state index is 3.84. The number of hydrogen-bond acceptors (Lipinski definition) is 0. The van der Waals surface area contributed by atoms with E-state index in [1.54, 1.807) is 0 Å². The van der Waals surface area contributed by atoms with Crippen LogP contribution >= 0.6 is 0 Å². The van der Waals surface area contributed by atoms with Crippen molar-refractivity contribution in [2.75, 3.05) is 0 Å². The van der Waals surface area contributed by atoms with Crippen LogP contribution < -0.4 is 35.3 Å². The summed E-state index contributed by atoms with van der Waals surface area (Å²) < 4.78 is 1.42. The summed E-state index contributed by atoms with van der Waals surface area (Å²) in [7, 11) is 0. The van der Waals surface area contributed by atoms with E-state index in [4.69, 9.17) is 0 Å². The molecule has 42 heavy (non-hydrogen) atoms. The molecule has 1 atom stereocenters. The van der Waals surface area contributed by atoms with E-state index in [2.05, 4.69) is 137 Å². The quantitative estimate of drug-likeness (QED) is 0.340. The molecule has 0 bridgehead atoms. The predicted molar refractivity (Wildman–Crippen MR) is 168 cm³/mol. The Bertz CT molecular complexity index is 1610. The van der Waals surface area contributed by atoms with Gasteiger partial charge in [-0.2, -0.15) is 0 Å². The number of benzene rings is 3. The third-order valence-corrected chi connectivity index (χ3v) is 9.51. The Morgan fingerprint density at radius 2 is 1.52 bits per heavy atom. The predicted octanol–water partition coefficient (Wildman–Crippen LogP) is 2.36. The van der Waals surface area contributed by atoms with Crippen LogP contribution in [0.4, 0.5) is 0 Å². The Morgan fingerprint density at radius 1 is 0.881 bits per heavy atom. The molecule has 3 aliphatic carbocycles. The fourth-order valence-electron chi connectivity index (χ4n) is 6.37. The zero-order valence-corrected chi connectivity index (χ0v) is 29.1. The molecule has 0 N–H and O–H groups in total. The van der Waals surface area contributed by atoms with Gasteiger partial charge in [0.15, 0.2) is 0 Å². The molecular formula is C39H39Cl2Zr-. The van der Waals surface area contributed by atoms with Crippen LogP contribution in [0.15, 0.2) is 125 Å². The van der Waals surface area contributed by atoms with Crippen molar-refractivity contribution in [2.24, 2.45) is 5.41 Å². The second kappa shape index (κ2) is 15.4. The molecule has 3 aromatic rings. The first-order valence-electron chi connectivity index (χ1n) is 14.7. The van der Waals surface area contributed by atoms with Crippen molar-refractivity contribution in [3.63, 3.8) is 0 Å². The number of allylic oxidation sites excluding steroid dienone is 8. The zero-order valence-electron chi connectivity index (χ0n) is 25.1. The molecule has 0 spiro atoms. The number of hydrogen-bond donors (Lipinski definition) is 0. The summed E-state index contributed by atoms with van der Waals surface area (Å²) in [6.07, 6.45) is 19.0. The van der Waals surface area contributed by atoms with Gasteiger partial charge in [-0.05, 0) is 31.6 Å². The van der Waals surface area contributed by atoms with Crippen LogP contribution in [-0.2, 0) is 24.2 Å². The van der Waals surface area contributed by atoms with Crippen LogP contribution in [0.1, 0.15) is 69.6 Å². The number of aryl methyl sites for hydroxylation is 1. The summed E-state index contributed by atoms with van der Waals surface area (Å²) >= 11 is 1.46. The van der Waals surface area contributed by atoms with Crippen LogP contribution in [-0.4, -0.2) is 3.21 Å². The molecule has 0 nitrogen and oxygen atoms in total. The van der Waals surface area contributed by atoms with E-state index < -0.39 is 0 Å². The molecule has 0 fully saturated rings. The van der Waals surface area contributed by atoms with Crippen molar-refractivity contribution in [2.45, 2.75) is 59.8 Å². The SMILES string of the molecule is CCCC1=CC(C)(CCC)C(C2=CC=CC2)=C2[C-]=c3cc(C)ccc3=C12.[Cl-].[Cl-].[Zr+2]=[C](c1ccccc1)c1ccccc1. The molecule has 6 rings (SSSR count). The Kier molecular flexibility index (Phi) is 12.6. The summed E-state index contributed by atoms with van der Waals surface area (Å²) in [6.45, 7) is 9.22. The van der Waals surface area contributed by atoms with Crippen molar-refractivity contribution in [3.8, 4) is 0 Å². The van der Waals surface area contributed by atoms with Crippen LogP contribution in [0, 0.1) is 12.3 Å². The molecule has 0 saturated heterocycles. The number of fused-ring (bicyclic) bond motifs is 2. The van der Waals surface area contributed by atoms with Gasteiger partial charge in [-0.15, -0.1) is 33.7 Å². The second-order valence-electron chi connectivity index (χ2n) is 11.3. The monoisotopic (exact) mass is 667 g/mol. The molecule has 214 valence electrons. The molecule has 0 aromatic heterocycles.